The van der Waals surface area contributed by atoms with Crippen molar-refractivity contribution in [2.75, 3.05) is 27.2 Å². The molecule has 0 heterocycles. The standard InChI is InChI=1S/C25H33NO5.ClH/c1-4-19-8-7-9-20(16-19)12-13-21-10-5-6-11-23(21)30-18-22(17-26(2)3)31-25(29)15-14-24(27)28;/h5-11,16,22H,4,12-15,17-18H2,1-3H3,(H,27,28);1H. The van der Waals surface area contributed by atoms with Gasteiger partial charge in [-0.25, -0.2) is 0 Å². The average molecular weight is 464 g/mol. The van der Waals surface area contributed by atoms with Crippen LogP contribution >= 0.6 is 12.4 Å². The van der Waals surface area contributed by atoms with Crippen molar-refractivity contribution in [1.29, 1.82) is 0 Å². The molecule has 0 spiro atoms. The van der Waals surface area contributed by atoms with Gasteiger partial charge in [0.15, 0.2) is 0 Å². The Labute approximate surface area is 196 Å². The highest BCUT2D eigenvalue weighted by Crippen LogP contribution is 2.21. The molecule has 1 N–H and O–H groups in total. The van der Waals surface area contributed by atoms with Crippen LogP contribution in [-0.4, -0.2) is 55.3 Å². The fourth-order valence-corrected chi connectivity index (χ4v) is 3.30. The molecule has 0 aliphatic rings. The number of para-hydroxylation sites is 1. The molecule has 0 aliphatic heterocycles. The zero-order chi connectivity index (χ0) is 22.6. The molecule has 0 saturated carbocycles. The largest absolute Gasteiger partial charge is 0.489 e. The van der Waals surface area contributed by atoms with E-state index >= 15 is 0 Å². The molecule has 6 nitrogen and oxygen atoms in total. The second-order valence-corrected chi connectivity index (χ2v) is 7.86. The van der Waals surface area contributed by atoms with Crippen molar-refractivity contribution in [1.82, 2.24) is 4.90 Å². The van der Waals surface area contributed by atoms with E-state index in [1.165, 1.54) is 11.1 Å². The van der Waals surface area contributed by atoms with Crippen molar-refractivity contribution in [3.05, 3.63) is 65.2 Å². The summed E-state index contributed by atoms with van der Waals surface area (Å²) in [6, 6.07) is 16.5. The van der Waals surface area contributed by atoms with Crippen molar-refractivity contribution >= 4 is 24.3 Å². The minimum atomic E-state index is -1.02. The second kappa shape index (κ2) is 14.5. The Morgan fingerprint density at radius 1 is 1.00 bits per heavy atom. The number of halogens is 1. The smallest absolute Gasteiger partial charge is 0.306 e. The van der Waals surface area contributed by atoms with Gasteiger partial charge in [-0.15, -0.1) is 12.4 Å². The summed E-state index contributed by atoms with van der Waals surface area (Å²) in [5, 5.41) is 8.75. The molecule has 176 valence electrons. The number of aliphatic carboxylic acids is 1. The molecule has 0 aliphatic carbocycles. The Balaban J connectivity index is 0.00000512. The fraction of sp³-hybridized carbons (Fsp3) is 0.440. The molecular weight excluding hydrogens is 430 g/mol. The topological polar surface area (TPSA) is 76.1 Å². The van der Waals surface area contributed by atoms with Gasteiger partial charge in [0.05, 0.1) is 12.8 Å². The Morgan fingerprint density at radius 2 is 1.72 bits per heavy atom. The molecule has 1 atom stereocenters. The number of hydrogen-bond donors (Lipinski definition) is 1. The van der Waals surface area contributed by atoms with Crippen LogP contribution in [0.25, 0.3) is 0 Å². The SMILES string of the molecule is CCc1cccc(CCc2ccccc2OCC(CN(C)C)OC(=O)CCC(=O)O)c1.Cl. The highest BCUT2D eigenvalue weighted by molar-refractivity contribution is 5.85. The third-order valence-corrected chi connectivity index (χ3v) is 4.89. The second-order valence-electron chi connectivity index (χ2n) is 7.86. The zero-order valence-electron chi connectivity index (χ0n) is 19.1. The van der Waals surface area contributed by atoms with E-state index in [2.05, 4.69) is 37.3 Å². The number of hydrogen-bond acceptors (Lipinski definition) is 5. The van der Waals surface area contributed by atoms with Gasteiger partial charge >= 0.3 is 11.9 Å². The van der Waals surface area contributed by atoms with Gasteiger partial charge < -0.3 is 19.5 Å². The van der Waals surface area contributed by atoms with E-state index in [0.29, 0.717) is 6.54 Å². The van der Waals surface area contributed by atoms with Crippen LogP contribution in [0.3, 0.4) is 0 Å². The van der Waals surface area contributed by atoms with Crippen LogP contribution in [0.2, 0.25) is 0 Å². The van der Waals surface area contributed by atoms with Gasteiger partial charge in [-0.2, -0.15) is 0 Å². The number of rotatable bonds is 13. The van der Waals surface area contributed by atoms with Gasteiger partial charge in [-0.3, -0.25) is 9.59 Å². The third-order valence-electron chi connectivity index (χ3n) is 4.89. The predicted octanol–water partition coefficient (Wildman–Crippen LogP) is 4.17. The number of carbonyl (C=O) groups excluding carboxylic acids is 1. The quantitative estimate of drug-likeness (QED) is 0.449. The minimum absolute atomic E-state index is 0. The number of esters is 1. The maximum atomic E-state index is 12.0. The molecule has 2 aromatic rings. The van der Waals surface area contributed by atoms with Gasteiger partial charge in [-0.05, 0) is 56.1 Å². The van der Waals surface area contributed by atoms with E-state index in [9.17, 15) is 9.59 Å². The van der Waals surface area contributed by atoms with Crippen LogP contribution < -0.4 is 4.74 Å². The predicted molar refractivity (Wildman–Crippen MR) is 128 cm³/mol. The van der Waals surface area contributed by atoms with Crippen LogP contribution in [0.4, 0.5) is 0 Å². The summed E-state index contributed by atoms with van der Waals surface area (Å²) in [6.07, 6.45) is 1.92. The van der Waals surface area contributed by atoms with Crippen molar-refractivity contribution < 1.29 is 24.2 Å². The monoisotopic (exact) mass is 463 g/mol. The van der Waals surface area contributed by atoms with E-state index in [1.54, 1.807) is 0 Å². The van der Waals surface area contributed by atoms with Crippen molar-refractivity contribution in [2.45, 2.75) is 45.1 Å². The maximum Gasteiger partial charge on any atom is 0.306 e. The van der Waals surface area contributed by atoms with Crippen LogP contribution in [-0.2, 0) is 33.6 Å². The van der Waals surface area contributed by atoms with E-state index in [-0.39, 0.29) is 31.9 Å². The van der Waals surface area contributed by atoms with Gasteiger partial charge in [0.2, 0.25) is 0 Å². The van der Waals surface area contributed by atoms with Crippen LogP contribution in [0, 0.1) is 0 Å². The first-order valence-corrected chi connectivity index (χ1v) is 10.7. The average Bonchev–Trinajstić information content (AvgIpc) is 2.75. The van der Waals surface area contributed by atoms with Gasteiger partial charge in [0.1, 0.15) is 18.5 Å². The molecule has 0 radical (unpaired) electrons. The molecule has 2 rings (SSSR count). The molecule has 0 bridgehead atoms. The molecule has 2 aromatic carbocycles. The summed E-state index contributed by atoms with van der Waals surface area (Å²) in [6.45, 7) is 2.85. The van der Waals surface area contributed by atoms with Crippen molar-refractivity contribution in [3.63, 3.8) is 0 Å². The van der Waals surface area contributed by atoms with Gasteiger partial charge in [-0.1, -0.05) is 49.4 Å². The lowest BCUT2D eigenvalue weighted by atomic mass is 10.0. The number of ether oxygens (including phenoxy) is 2. The Hall–Kier alpha value is -2.57. The van der Waals surface area contributed by atoms with E-state index in [0.717, 1.165) is 30.6 Å². The third kappa shape index (κ3) is 10.2. The van der Waals surface area contributed by atoms with E-state index in [4.69, 9.17) is 14.6 Å². The lowest BCUT2D eigenvalue weighted by Gasteiger charge is -2.22. The number of carbonyl (C=O) groups is 2. The molecule has 1 unspecified atom stereocenters. The molecule has 7 heteroatoms. The number of carboxylic acids is 1. The molecule has 32 heavy (non-hydrogen) atoms. The van der Waals surface area contributed by atoms with Gasteiger partial charge in [0, 0.05) is 6.54 Å². The molecular formula is C25H34ClNO5. The number of nitrogens with zero attached hydrogens (tertiary/aromatic N) is 1. The van der Waals surface area contributed by atoms with Crippen molar-refractivity contribution in [3.8, 4) is 5.75 Å². The summed E-state index contributed by atoms with van der Waals surface area (Å²) in [5.74, 6) is -0.766. The normalized spacial score (nSPS) is 11.5. The number of benzene rings is 2. The van der Waals surface area contributed by atoms with Crippen molar-refractivity contribution in [2.24, 2.45) is 0 Å². The van der Waals surface area contributed by atoms with Gasteiger partial charge in [0.25, 0.3) is 0 Å². The van der Waals surface area contributed by atoms with E-state index < -0.39 is 18.0 Å². The first kappa shape index (κ1) is 27.5. The maximum absolute atomic E-state index is 12.0. The summed E-state index contributed by atoms with van der Waals surface area (Å²) < 4.78 is 11.5. The number of aryl methyl sites for hydroxylation is 3. The fourth-order valence-electron chi connectivity index (χ4n) is 3.30. The van der Waals surface area contributed by atoms with E-state index in [1.807, 2.05) is 37.2 Å². The van der Waals surface area contributed by atoms with Crippen LogP contribution in [0.5, 0.6) is 5.75 Å². The summed E-state index contributed by atoms with van der Waals surface area (Å²) in [5.41, 5.74) is 3.73. The number of likely N-dealkylation sites (N-methyl/N-ethyl adjacent to an activating group) is 1. The first-order valence-electron chi connectivity index (χ1n) is 10.7. The van der Waals surface area contributed by atoms with Crippen LogP contribution in [0.1, 0.15) is 36.5 Å². The summed E-state index contributed by atoms with van der Waals surface area (Å²) >= 11 is 0. The highest BCUT2D eigenvalue weighted by Gasteiger charge is 2.18. The molecule has 0 amide bonds. The molecule has 0 fully saturated rings. The minimum Gasteiger partial charge on any atom is -0.489 e. The number of carboxylic acid groups (broad SMARTS) is 1. The Bertz CT molecular complexity index is 856. The highest BCUT2D eigenvalue weighted by atomic mass is 35.5. The summed E-state index contributed by atoms with van der Waals surface area (Å²) in [7, 11) is 3.77. The zero-order valence-corrected chi connectivity index (χ0v) is 19.9. The molecule has 0 saturated heterocycles. The first-order chi connectivity index (χ1) is 14.9. The lowest BCUT2D eigenvalue weighted by molar-refractivity contribution is -0.153. The lowest BCUT2D eigenvalue weighted by Crippen LogP contribution is -2.35. The Morgan fingerprint density at radius 3 is 2.41 bits per heavy atom. The molecule has 0 aromatic heterocycles. The summed E-state index contributed by atoms with van der Waals surface area (Å²) in [4.78, 5) is 24.6. The van der Waals surface area contributed by atoms with Crippen LogP contribution in [0.15, 0.2) is 48.5 Å². The Kier molecular flexibility index (Phi) is 12.4.